The van der Waals surface area contributed by atoms with E-state index >= 15 is 0 Å². The third-order valence-corrected chi connectivity index (χ3v) is 9.14. The number of hydrogen-bond donors (Lipinski definition) is 4. The molecule has 4 unspecified atom stereocenters. The molecule has 0 aromatic rings. The van der Waals surface area contributed by atoms with E-state index < -0.39 is 66.4 Å². The second-order valence-corrected chi connectivity index (χ2v) is 12.9. The number of carboxylic acid groups (broad SMARTS) is 4. The summed E-state index contributed by atoms with van der Waals surface area (Å²) in [5, 5.41) is 34.6. The third kappa shape index (κ3) is 17.9. The fourth-order valence-electron chi connectivity index (χ4n) is 4.61. The van der Waals surface area contributed by atoms with E-state index in [2.05, 4.69) is 0 Å². The van der Waals surface area contributed by atoms with Crippen molar-refractivity contribution in [3.05, 3.63) is 0 Å². The van der Waals surface area contributed by atoms with Crippen molar-refractivity contribution in [3.63, 3.8) is 0 Å². The van der Waals surface area contributed by atoms with Gasteiger partial charge in [0.1, 0.15) is 5.25 Å². The van der Waals surface area contributed by atoms with Gasteiger partial charge in [-0.15, -0.1) is 0 Å². The number of carbonyl (C=O) groups is 4. The molecule has 0 spiro atoms. The van der Waals surface area contributed by atoms with Gasteiger partial charge < -0.3 is 30.0 Å². The van der Waals surface area contributed by atoms with Crippen molar-refractivity contribution < 1.29 is 125 Å². The van der Waals surface area contributed by atoms with Gasteiger partial charge in [-0.1, -0.05) is 79.1 Å². The summed E-state index contributed by atoms with van der Waals surface area (Å²) in [7, 11) is -10.0. The van der Waals surface area contributed by atoms with Gasteiger partial charge in [0, 0.05) is 12.4 Å². The molecule has 0 bridgehead atoms. The van der Waals surface area contributed by atoms with Crippen LogP contribution in [0.15, 0.2) is 0 Å². The number of rotatable bonds is 20. The summed E-state index contributed by atoms with van der Waals surface area (Å²) in [4.78, 5) is 44.0. The minimum absolute atomic E-state index is 0. The SMILES string of the molecule is CCCCC(CC)CC(CC(CC)CCCC)(C(=O)O)C(C(=O)O)S(=O)(=O)O.O=C([O-])CC(C(=O)[O-])S(=O)(=O)O.[Na+].[Na+]. The summed E-state index contributed by atoms with van der Waals surface area (Å²) in [6.07, 6.45) is 4.69. The third-order valence-electron chi connectivity index (χ3n) is 6.82. The predicted molar refractivity (Wildman–Crippen MR) is 139 cm³/mol. The molecule has 236 valence electrons. The van der Waals surface area contributed by atoms with Gasteiger partial charge in [-0.05, 0) is 24.7 Å². The molecular weight excluding hydrogens is 622 g/mol. The van der Waals surface area contributed by atoms with Gasteiger partial charge in [0.05, 0.1) is 11.4 Å². The maximum atomic E-state index is 12.4. The van der Waals surface area contributed by atoms with Crippen LogP contribution in [0.5, 0.6) is 0 Å². The molecule has 0 fully saturated rings. The van der Waals surface area contributed by atoms with Gasteiger partial charge in [0.2, 0.25) is 0 Å². The van der Waals surface area contributed by atoms with E-state index in [0.29, 0.717) is 25.7 Å². The molecular formula is C24H42Na2O14S2. The Bertz CT molecular complexity index is 1030. The van der Waals surface area contributed by atoms with Gasteiger partial charge in [0.25, 0.3) is 20.2 Å². The Morgan fingerprint density at radius 1 is 0.738 bits per heavy atom. The molecule has 0 aliphatic carbocycles. The number of carbonyl (C=O) groups excluding carboxylic acids is 2. The van der Waals surface area contributed by atoms with E-state index in [9.17, 15) is 61.0 Å². The monoisotopic (exact) mass is 664 g/mol. The first kappa shape index (κ1) is 48.6. The van der Waals surface area contributed by atoms with Gasteiger partial charge in [-0.2, -0.15) is 16.8 Å². The molecule has 0 aromatic carbocycles. The molecule has 0 saturated carbocycles. The van der Waals surface area contributed by atoms with Crippen LogP contribution in [0.3, 0.4) is 0 Å². The second-order valence-electron chi connectivity index (χ2n) is 9.83. The van der Waals surface area contributed by atoms with Crippen molar-refractivity contribution in [3.8, 4) is 0 Å². The van der Waals surface area contributed by atoms with Crippen LogP contribution in [-0.2, 0) is 39.4 Å². The van der Waals surface area contributed by atoms with E-state index in [1.807, 2.05) is 27.7 Å². The molecule has 4 atom stereocenters. The Kier molecular flexibility index (Phi) is 26.7. The first-order valence-electron chi connectivity index (χ1n) is 13.0. The Labute approximate surface area is 292 Å². The Balaban J connectivity index is -0.000000436. The van der Waals surface area contributed by atoms with Gasteiger partial charge in [0.15, 0.2) is 5.25 Å². The van der Waals surface area contributed by atoms with Crippen molar-refractivity contribution in [2.45, 2.75) is 109 Å². The average molecular weight is 665 g/mol. The molecule has 42 heavy (non-hydrogen) atoms. The molecule has 0 amide bonds. The standard InChI is InChI=1S/C20H38O7S.C4H6O7S.2Na/c1-5-9-11-15(7-3)13-20(19(23)24,14-16(8-4)12-10-6-2)17(18(21)22)28(25,26)27;5-3(6)1-2(4(7)8)12(9,10)11;;/h15-17H,5-14H2,1-4H3,(H,21,22)(H,23,24)(H,25,26,27);2H,1H2,(H,5,6)(H,7,8)(H,9,10,11);;/q;;2*+1/p-2. The van der Waals surface area contributed by atoms with Gasteiger partial charge in [-0.3, -0.25) is 18.7 Å². The maximum Gasteiger partial charge on any atom is 1.00 e. The quantitative estimate of drug-likeness (QED) is 0.0700. The van der Waals surface area contributed by atoms with Crippen molar-refractivity contribution >= 4 is 44.1 Å². The Morgan fingerprint density at radius 3 is 1.29 bits per heavy atom. The smallest absolute Gasteiger partial charge is 0.550 e. The summed E-state index contributed by atoms with van der Waals surface area (Å²) in [5.41, 5.74) is -2.05. The molecule has 0 radical (unpaired) electrons. The van der Waals surface area contributed by atoms with Crippen LogP contribution in [0.25, 0.3) is 0 Å². The molecule has 0 aliphatic heterocycles. The largest absolute Gasteiger partial charge is 1.00 e. The van der Waals surface area contributed by atoms with Gasteiger partial charge >= 0.3 is 71.1 Å². The Morgan fingerprint density at radius 2 is 1.12 bits per heavy atom. The zero-order valence-electron chi connectivity index (χ0n) is 25.3. The fraction of sp³-hybridized carbons (Fsp3) is 0.833. The summed E-state index contributed by atoms with van der Waals surface area (Å²) >= 11 is 0. The number of aliphatic carboxylic acids is 4. The van der Waals surface area contributed by atoms with Gasteiger partial charge in [-0.25, -0.2) is 0 Å². The van der Waals surface area contributed by atoms with E-state index in [-0.39, 0.29) is 83.8 Å². The van der Waals surface area contributed by atoms with Crippen molar-refractivity contribution in [1.29, 1.82) is 0 Å². The van der Waals surface area contributed by atoms with Crippen LogP contribution in [0, 0.1) is 17.3 Å². The van der Waals surface area contributed by atoms with Crippen LogP contribution in [-0.4, -0.2) is 70.5 Å². The van der Waals surface area contributed by atoms with Crippen LogP contribution in [0.2, 0.25) is 0 Å². The fourth-order valence-corrected chi connectivity index (χ4v) is 6.32. The number of unbranched alkanes of at least 4 members (excludes halogenated alkanes) is 2. The van der Waals surface area contributed by atoms with Crippen LogP contribution >= 0.6 is 0 Å². The molecule has 0 rings (SSSR count). The predicted octanol–water partition coefficient (Wildman–Crippen LogP) is -5.25. The first-order chi connectivity index (χ1) is 18.2. The summed E-state index contributed by atoms with van der Waals surface area (Å²) in [6.45, 7) is 7.80. The molecule has 0 heterocycles. The maximum absolute atomic E-state index is 12.4. The molecule has 18 heteroatoms. The molecule has 0 aromatic heterocycles. The zero-order chi connectivity index (χ0) is 31.9. The van der Waals surface area contributed by atoms with E-state index in [0.717, 1.165) is 25.7 Å². The Hall–Kier alpha value is -0.300. The number of carboxylic acids is 4. The van der Waals surface area contributed by atoms with Crippen molar-refractivity contribution in [2.24, 2.45) is 17.3 Å². The molecule has 4 N–H and O–H groups in total. The molecule has 14 nitrogen and oxygen atoms in total. The first-order valence-corrected chi connectivity index (χ1v) is 16.0. The molecule has 0 saturated heterocycles. The van der Waals surface area contributed by atoms with Crippen LogP contribution in [0.4, 0.5) is 0 Å². The number of hydrogen-bond acceptors (Lipinski definition) is 10. The van der Waals surface area contributed by atoms with E-state index in [1.165, 1.54) is 0 Å². The van der Waals surface area contributed by atoms with Crippen LogP contribution in [0.1, 0.15) is 98.3 Å². The van der Waals surface area contributed by atoms with Crippen molar-refractivity contribution in [1.82, 2.24) is 0 Å². The van der Waals surface area contributed by atoms with E-state index in [1.54, 1.807) is 0 Å². The van der Waals surface area contributed by atoms with Crippen molar-refractivity contribution in [2.75, 3.05) is 0 Å². The van der Waals surface area contributed by atoms with Crippen LogP contribution < -0.4 is 69.3 Å². The zero-order valence-corrected chi connectivity index (χ0v) is 30.9. The topological polar surface area (TPSA) is 264 Å². The summed E-state index contributed by atoms with van der Waals surface area (Å²) in [5.74, 6) is -7.59. The van der Waals surface area contributed by atoms with E-state index in [4.69, 9.17) is 4.55 Å². The minimum Gasteiger partial charge on any atom is -0.550 e. The minimum atomic E-state index is -5.10. The summed E-state index contributed by atoms with van der Waals surface area (Å²) < 4.78 is 62.2. The average Bonchev–Trinajstić information content (AvgIpc) is 2.80. The second kappa shape index (κ2) is 23.1. The normalized spacial score (nSPS) is 15.6. The molecule has 0 aliphatic rings. The summed E-state index contributed by atoms with van der Waals surface area (Å²) in [6, 6.07) is 0.